The number of carbonyl (C=O) groups is 1. The molecule has 3 rings (SSSR count). The van der Waals surface area contributed by atoms with Gasteiger partial charge in [0.2, 0.25) is 5.91 Å². The van der Waals surface area contributed by atoms with Crippen LogP contribution in [-0.2, 0) is 10.2 Å². The van der Waals surface area contributed by atoms with E-state index in [0.717, 1.165) is 24.8 Å². The van der Waals surface area contributed by atoms with Crippen LogP contribution in [0.25, 0.3) is 0 Å². The molecule has 0 bridgehead atoms. The predicted octanol–water partition coefficient (Wildman–Crippen LogP) is 2.39. The van der Waals surface area contributed by atoms with Crippen molar-refractivity contribution in [2.75, 3.05) is 6.61 Å². The van der Waals surface area contributed by atoms with E-state index >= 15 is 0 Å². The Balaban J connectivity index is 1.74. The summed E-state index contributed by atoms with van der Waals surface area (Å²) in [6.45, 7) is 0.153. The number of benzene rings is 1. The Hall–Kier alpha value is -1.35. The van der Waals surface area contributed by atoms with Gasteiger partial charge in [-0.2, -0.15) is 0 Å². The van der Waals surface area contributed by atoms with Gasteiger partial charge in [0.25, 0.3) is 0 Å². The summed E-state index contributed by atoms with van der Waals surface area (Å²) in [6.07, 6.45) is 6.06. The second-order valence-corrected chi connectivity index (χ2v) is 6.23. The van der Waals surface area contributed by atoms with Crippen molar-refractivity contribution in [3.63, 3.8) is 0 Å². The molecule has 1 aromatic carbocycles. The lowest BCUT2D eigenvalue weighted by Gasteiger charge is -2.41. The standard InChI is InChI=1S/C17H23NO2/c19-12-9-15(13-7-8-13)18-16(20)17(10-4-11-17)14-5-2-1-3-6-14/h1-3,5-6,13,15,19H,4,7-12H2,(H,18,20). The average Bonchev–Trinajstić information content (AvgIpc) is 3.22. The Kier molecular flexibility index (Phi) is 3.79. The van der Waals surface area contributed by atoms with E-state index in [2.05, 4.69) is 17.4 Å². The smallest absolute Gasteiger partial charge is 0.230 e. The number of rotatable bonds is 6. The Morgan fingerprint density at radius 1 is 1.30 bits per heavy atom. The lowest BCUT2D eigenvalue weighted by molar-refractivity contribution is -0.131. The summed E-state index contributed by atoms with van der Waals surface area (Å²) in [5, 5.41) is 12.4. The maximum atomic E-state index is 12.8. The van der Waals surface area contributed by atoms with Crippen LogP contribution in [0.4, 0.5) is 0 Å². The zero-order valence-electron chi connectivity index (χ0n) is 11.8. The molecular formula is C17H23NO2. The minimum Gasteiger partial charge on any atom is -0.396 e. The van der Waals surface area contributed by atoms with Crippen molar-refractivity contribution in [3.8, 4) is 0 Å². The van der Waals surface area contributed by atoms with Crippen molar-refractivity contribution in [1.29, 1.82) is 0 Å². The molecule has 0 aromatic heterocycles. The summed E-state index contributed by atoms with van der Waals surface area (Å²) < 4.78 is 0. The van der Waals surface area contributed by atoms with Gasteiger partial charge in [0.05, 0.1) is 5.41 Å². The highest BCUT2D eigenvalue weighted by molar-refractivity contribution is 5.89. The minimum absolute atomic E-state index is 0.153. The Morgan fingerprint density at radius 2 is 2.00 bits per heavy atom. The highest BCUT2D eigenvalue weighted by Gasteiger charge is 2.46. The molecule has 2 aliphatic carbocycles. The number of carbonyl (C=O) groups excluding carboxylic acids is 1. The fraction of sp³-hybridized carbons (Fsp3) is 0.588. The van der Waals surface area contributed by atoms with Gasteiger partial charge in [-0.15, -0.1) is 0 Å². The van der Waals surface area contributed by atoms with Crippen molar-refractivity contribution in [3.05, 3.63) is 35.9 Å². The largest absolute Gasteiger partial charge is 0.396 e. The molecule has 2 saturated carbocycles. The van der Waals surface area contributed by atoms with Crippen molar-refractivity contribution in [2.45, 2.75) is 50.0 Å². The van der Waals surface area contributed by atoms with Crippen molar-refractivity contribution < 1.29 is 9.90 Å². The molecule has 20 heavy (non-hydrogen) atoms. The van der Waals surface area contributed by atoms with Crippen molar-refractivity contribution >= 4 is 5.91 Å². The monoisotopic (exact) mass is 273 g/mol. The van der Waals surface area contributed by atoms with Gasteiger partial charge in [-0.05, 0) is 43.6 Å². The first-order chi connectivity index (χ1) is 9.76. The van der Waals surface area contributed by atoms with Crippen LogP contribution in [-0.4, -0.2) is 23.7 Å². The first-order valence-electron chi connectivity index (χ1n) is 7.73. The fourth-order valence-electron chi connectivity index (χ4n) is 3.30. The van der Waals surface area contributed by atoms with E-state index in [-0.39, 0.29) is 24.0 Å². The molecule has 1 aromatic rings. The molecule has 0 aliphatic heterocycles. The number of hydrogen-bond acceptors (Lipinski definition) is 2. The first kappa shape index (κ1) is 13.6. The van der Waals surface area contributed by atoms with Crippen LogP contribution in [0.1, 0.15) is 44.1 Å². The Bertz CT molecular complexity index is 463. The summed E-state index contributed by atoms with van der Waals surface area (Å²) in [4.78, 5) is 12.8. The SMILES string of the molecule is O=C(NC(CCO)C1CC1)C1(c2ccccc2)CCC1. The highest BCUT2D eigenvalue weighted by Crippen LogP contribution is 2.44. The maximum absolute atomic E-state index is 12.8. The van der Waals surface area contributed by atoms with E-state index in [1.807, 2.05) is 18.2 Å². The zero-order chi connectivity index (χ0) is 14.0. The van der Waals surface area contributed by atoms with Gasteiger partial charge in [0.15, 0.2) is 0 Å². The predicted molar refractivity (Wildman–Crippen MR) is 78.3 cm³/mol. The molecule has 1 unspecified atom stereocenters. The molecule has 0 spiro atoms. The summed E-state index contributed by atoms with van der Waals surface area (Å²) in [5.41, 5.74) is 0.825. The molecule has 0 radical (unpaired) electrons. The molecular weight excluding hydrogens is 250 g/mol. The molecule has 2 aliphatic rings. The van der Waals surface area contributed by atoms with Gasteiger partial charge in [0.1, 0.15) is 0 Å². The van der Waals surface area contributed by atoms with Gasteiger partial charge in [-0.1, -0.05) is 36.8 Å². The molecule has 3 heteroatoms. The van der Waals surface area contributed by atoms with Crippen LogP contribution in [0.5, 0.6) is 0 Å². The fourth-order valence-corrected chi connectivity index (χ4v) is 3.30. The van der Waals surface area contributed by atoms with Crippen LogP contribution < -0.4 is 5.32 Å². The molecule has 0 heterocycles. The maximum Gasteiger partial charge on any atom is 0.230 e. The first-order valence-corrected chi connectivity index (χ1v) is 7.73. The Labute approximate surface area is 120 Å². The average molecular weight is 273 g/mol. The lowest BCUT2D eigenvalue weighted by atomic mass is 9.63. The summed E-state index contributed by atoms with van der Waals surface area (Å²) in [5.74, 6) is 0.749. The third kappa shape index (κ3) is 2.47. The van der Waals surface area contributed by atoms with Gasteiger partial charge >= 0.3 is 0 Å². The Morgan fingerprint density at radius 3 is 2.50 bits per heavy atom. The van der Waals surface area contributed by atoms with Gasteiger partial charge in [0, 0.05) is 12.6 Å². The second kappa shape index (κ2) is 5.57. The number of nitrogens with one attached hydrogen (secondary N) is 1. The van der Waals surface area contributed by atoms with E-state index < -0.39 is 0 Å². The highest BCUT2D eigenvalue weighted by atomic mass is 16.3. The van der Waals surface area contributed by atoms with Crippen LogP contribution in [0.3, 0.4) is 0 Å². The lowest BCUT2D eigenvalue weighted by Crippen LogP contribution is -2.52. The van der Waals surface area contributed by atoms with E-state index in [4.69, 9.17) is 5.11 Å². The van der Waals surface area contributed by atoms with E-state index in [1.165, 1.54) is 12.8 Å². The number of hydrogen-bond donors (Lipinski definition) is 2. The topological polar surface area (TPSA) is 49.3 Å². The van der Waals surface area contributed by atoms with E-state index in [0.29, 0.717) is 12.3 Å². The molecule has 0 saturated heterocycles. The molecule has 3 nitrogen and oxygen atoms in total. The minimum atomic E-state index is -0.316. The van der Waals surface area contributed by atoms with Crippen LogP contribution >= 0.6 is 0 Å². The molecule has 1 amide bonds. The summed E-state index contributed by atoms with van der Waals surface area (Å²) >= 11 is 0. The van der Waals surface area contributed by atoms with Crippen LogP contribution in [0, 0.1) is 5.92 Å². The van der Waals surface area contributed by atoms with Crippen LogP contribution in [0.15, 0.2) is 30.3 Å². The quantitative estimate of drug-likeness (QED) is 0.836. The third-order valence-electron chi connectivity index (χ3n) is 4.92. The second-order valence-electron chi connectivity index (χ2n) is 6.23. The van der Waals surface area contributed by atoms with Crippen LogP contribution in [0.2, 0.25) is 0 Å². The summed E-state index contributed by atoms with van der Waals surface area (Å²) in [7, 11) is 0. The normalized spacial score (nSPS) is 21.9. The van der Waals surface area contributed by atoms with Crippen molar-refractivity contribution in [2.24, 2.45) is 5.92 Å². The molecule has 2 N–H and O–H groups in total. The number of amides is 1. The van der Waals surface area contributed by atoms with E-state index in [9.17, 15) is 4.79 Å². The summed E-state index contributed by atoms with van der Waals surface area (Å²) in [6, 6.07) is 10.3. The van der Waals surface area contributed by atoms with Gasteiger partial charge < -0.3 is 10.4 Å². The van der Waals surface area contributed by atoms with Crippen molar-refractivity contribution in [1.82, 2.24) is 5.32 Å². The molecule has 2 fully saturated rings. The zero-order valence-corrected chi connectivity index (χ0v) is 11.8. The number of aliphatic hydroxyl groups is 1. The van der Waals surface area contributed by atoms with Gasteiger partial charge in [-0.3, -0.25) is 4.79 Å². The third-order valence-corrected chi connectivity index (χ3v) is 4.92. The van der Waals surface area contributed by atoms with Gasteiger partial charge in [-0.25, -0.2) is 0 Å². The number of aliphatic hydroxyl groups excluding tert-OH is 1. The molecule has 108 valence electrons. The van der Waals surface area contributed by atoms with E-state index in [1.54, 1.807) is 0 Å². The molecule has 1 atom stereocenters.